The summed E-state index contributed by atoms with van der Waals surface area (Å²) < 4.78 is 7.14. The van der Waals surface area contributed by atoms with Crippen molar-refractivity contribution in [2.24, 2.45) is 5.73 Å². The molecule has 128 valence electrons. The van der Waals surface area contributed by atoms with Gasteiger partial charge in [-0.25, -0.2) is 4.68 Å². The average Bonchev–Trinajstić information content (AvgIpc) is 3.30. The van der Waals surface area contributed by atoms with Crippen molar-refractivity contribution in [3.63, 3.8) is 0 Å². The molecule has 0 saturated carbocycles. The van der Waals surface area contributed by atoms with Gasteiger partial charge in [0.15, 0.2) is 0 Å². The lowest BCUT2D eigenvalue weighted by Gasteiger charge is -2.27. The predicted molar refractivity (Wildman–Crippen MR) is 94.3 cm³/mol. The maximum absolute atomic E-state index is 12.5. The second-order valence-corrected chi connectivity index (χ2v) is 6.23. The molecule has 0 saturated heterocycles. The van der Waals surface area contributed by atoms with Crippen LogP contribution in [0.2, 0.25) is 0 Å². The molecule has 6 heteroatoms. The highest BCUT2D eigenvalue weighted by atomic mass is 16.3. The third-order valence-electron chi connectivity index (χ3n) is 4.66. The van der Waals surface area contributed by atoms with Gasteiger partial charge in [0.2, 0.25) is 0 Å². The molecule has 1 unspecified atom stereocenters. The van der Waals surface area contributed by atoms with Crippen molar-refractivity contribution in [3.8, 4) is 0 Å². The van der Waals surface area contributed by atoms with E-state index < -0.39 is 0 Å². The van der Waals surface area contributed by atoms with Gasteiger partial charge in [0.25, 0.3) is 5.91 Å². The zero-order valence-corrected chi connectivity index (χ0v) is 13.8. The number of hydrogen-bond acceptors (Lipinski definition) is 4. The molecule has 25 heavy (non-hydrogen) atoms. The zero-order chi connectivity index (χ0) is 17.2. The number of carbonyl (C=O) groups excluding carboxylic acids is 1. The van der Waals surface area contributed by atoms with Crippen molar-refractivity contribution in [1.29, 1.82) is 0 Å². The number of rotatable bonds is 4. The van der Waals surface area contributed by atoms with E-state index in [1.54, 1.807) is 12.3 Å². The van der Waals surface area contributed by atoms with E-state index in [2.05, 4.69) is 34.7 Å². The number of aryl methyl sites for hydroxylation is 1. The monoisotopic (exact) mass is 336 g/mol. The minimum Gasteiger partial charge on any atom is -0.467 e. The molecule has 2 aromatic heterocycles. The summed E-state index contributed by atoms with van der Waals surface area (Å²) in [7, 11) is 0. The van der Waals surface area contributed by atoms with Crippen molar-refractivity contribution in [2.45, 2.75) is 31.8 Å². The SMILES string of the molecule is NCc1cc(C(=O)Nc2ccnn2C2CCCc3ccccc32)co1. The van der Waals surface area contributed by atoms with Crippen molar-refractivity contribution in [1.82, 2.24) is 9.78 Å². The lowest BCUT2D eigenvalue weighted by Crippen LogP contribution is -2.22. The zero-order valence-electron chi connectivity index (χ0n) is 13.8. The van der Waals surface area contributed by atoms with Crippen LogP contribution in [0.4, 0.5) is 5.82 Å². The molecule has 2 heterocycles. The molecular weight excluding hydrogens is 316 g/mol. The van der Waals surface area contributed by atoms with Crippen LogP contribution in [0.15, 0.2) is 53.3 Å². The highest BCUT2D eigenvalue weighted by Crippen LogP contribution is 2.34. The second-order valence-electron chi connectivity index (χ2n) is 6.23. The van der Waals surface area contributed by atoms with E-state index in [-0.39, 0.29) is 18.5 Å². The van der Waals surface area contributed by atoms with Crippen LogP contribution in [0.25, 0.3) is 0 Å². The smallest absolute Gasteiger partial charge is 0.260 e. The summed E-state index contributed by atoms with van der Waals surface area (Å²) in [6, 6.07) is 12.1. The van der Waals surface area contributed by atoms with Gasteiger partial charge in [0.1, 0.15) is 17.8 Å². The number of nitrogens with one attached hydrogen (secondary N) is 1. The number of nitrogens with zero attached hydrogens (tertiary/aromatic N) is 2. The largest absolute Gasteiger partial charge is 0.467 e. The van der Waals surface area contributed by atoms with E-state index in [1.807, 2.05) is 10.7 Å². The highest BCUT2D eigenvalue weighted by Gasteiger charge is 2.24. The fourth-order valence-electron chi connectivity index (χ4n) is 3.44. The molecule has 1 aliphatic rings. The van der Waals surface area contributed by atoms with E-state index >= 15 is 0 Å². The number of anilines is 1. The molecule has 1 aliphatic carbocycles. The Morgan fingerprint density at radius 2 is 2.24 bits per heavy atom. The summed E-state index contributed by atoms with van der Waals surface area (Å²) in [6.07, 6.45) is 6.34. The summed E-state index contributed by atoms with van der Waals surface area (Å²) in [6.45, 7) is 0.268. The van der Waals surface area contributed by atoms with Gasteiger partial charge in [0, 0.05) is 6.07 Å². The van der Waals surface area contributed by atoms with Crippen LogP contribution in [0.5, 0.6) is 0 Å². The molecule has 0 spiro atoms. The summed E-state index contributed by atoms with van der Waals surface area (Å²) >= 11 is 0. The van der Waals surface area contributed by atoms with Crippen LogP contribution >= 0.6 is 0 Å². The molecule has 6 nitrogen and oxygen atoms in total. The van der Waals surface area contributed by atoms with Gasteiger partial charge in [-0.1, -0.05) is 24.3 Å². The quantitative estimate of drug-likeness (QED) is 0.766. The van der Waals surface area contributed by atoms with E-state index in [0.717, 1.165) is 19.3 Å². The van der Waals surface area contributed by atoms with E-state index in [0.29, 0.717) is 17.1 Å². The van der Waals surface area contributed by atoms with Gasteiger partial charge in [-0.15, -0.1) is 0 Å². The summed E-state index contributed by atoms with van der Waals surface area (Å²) in [5, 5.41) is 7.40. The number of hydrogen-bond donors (Lipinski definition) is 2. The first kappa shape index (κ1) is 15.7. The number of aromatic nitrogens is 2. The fraction of sp³-hybridized carbons (Fsp3) is 0.263. The Morgan fingerprint density at radius 1 is 1.36 bits per heavy atom. The van der Waals surface area contributed by atoms with Gasteiger partial charge >= 0.3 is 0 Å². The Labute approximate surface area is 145 Å². The van der Waals surface area contributed by atoms with Gasteiger partial charge < -0.3 is 15.5 Å². The maximum Gasteiger partial charge on any atom is 0.260 e. The summed E-state index contributed by atoms with van der Waals surface area (Å²) in [5.74, 6) is 1.04. The van der Waals surface area contributed by atoms with Crippen LogP contribution in [0.1, 0.15) is 46.1 Å². The molecule has 1 aromatic carbocycles. The van der Waals surface area contributed by atoms with Gasteiger partial charge in [-0.3, -0.25) is 4.79 Å². The average molecular weight is 336 g/mol. The number of amides is 1. The number of fused-ring (bicyclic) bond motifs is 1. The Bertz CT molecular complexity index is 896. The predicted octanol–water partition coefficient (Wildman–Crippen LogP) is 3.11. The van der Waals surface area contributed by atoms with Crippen LogP contribution in [-0.4, -0.2) is 15.7 Å². The van der Waals surface area contributed by atoms with Crippen molar-refractivity contribution in [2.75, 3.05) is 5.32 Å². The van der Waals surface area contributed by atoms with Crippen molar-refractivity contribution in [3.05, 3.63) is 71.3 Å². The molecule has 0 bridgehead atoms. The Balaban J connectivity index is 1.60. The van der Waals surface area contributed by atoms with Crippen molar-refractivity contribution < 1.29 is 9.21 Å². The van der Waals surface area contributed by atoms with E-state index in [4.69, 9.17) is 10.2 Å². The molecule has 0 aliphatic heterocycles. The fourth-order valence-corrected chi connectivity index (χ4v) is 3.44. The normalized spacial score (nSPS) is 16.4. The Morgan fingerprint density at radius 3 is 3.08 bits per heavy atom. The highest BCUT2D eigenvalue weighted by molar-refractivity contribution is 6.03. The lowest BCUT2D eigenvalue weighted by molar-refractivity contribution is 0.102. The second kappa shape index (κ2) is 6.57. The maximum atomic E-state index is 12.5. The molecular formula is C19H20N4O2. The topological polar surface area (TPSA) is 86.1 Å². The summed E-state index contributed by atoms with van der Waals surface area (Å²) in [4.78, 5) is 12.5. The minimum atomic E-state index is -0.228. The first-order chi connectivity index (χ1) is 12.3. The number of carbonyl (C=O) groups is 1. The molecule has 3 aromatic rings. The Kier molecular flexibility index (Phi) is 4.11. The molecule has 0 fully saturated rings. The van der Waals surface area contributed by atoms with Gasteiger partial charge in [0.05, 0.1) is 24.3 Å². The Hall–Kier alpha value is -2.86. The van der Waals surface area contributed by atoms with Crippen LogP contribution in [0.3, 0.4) is 0 Å². The molecule has 0 radical (unpaired) electrons. The van der Waals surface area contributed by atoms with Gasteiger partial charge in [-0.2, -0.15) is 5.10 Å². The number of nitrogens with two attached hydrogens (primary N) is 1. The minimum absolute atomic E-state index is 0.138. The first-order valence-electron chi connectivity index (χ1n) is 8.46. The molecule has 1 atom stereocenters. The van der Waals surface area contributed by atoms with Crippen LogP contribution in [-0.2, 0) is 13.0 Å². The molecule has 1 amide bonds. The number of furan rings is 1. The van der Waals surface area contributed by atoms with E-state index in [1.165, 1.54) is 17.4 Å². The first-order valence-corrected chi connectivity index (χ1v) is 8.46. The molecule has 4 rings (SSSR count). The third kappa shape index (κ3) is 2.96. The number of benzene rings is 1. The van der Waals surface area contributed by atoms with Crippen LogP contribution < -0.4 is 11.1 Å². The lowest BCUT2D eigenvalue weighted by atomic mass is 9.88. The third-order valence-corrected chi connectivity index (χ3v) is 4.66. The van der Waals surface area contributed by atoms with Gasteiger partial charge in [-0.05, 0) is 36.5 Å². The van der Waals surface area contributed by atoms with Crippen LogP contribution in [0, 0.1) is 0 Å². The molecule has 3 N–H and O–H groups in total. The standard InChI is InChI=1S/C19H20N4O2/c20-11-15-10-14(12-25-15)19(24)22-18-8-9-21-23(18)17-7-3-5-13-4-1-2-6-16(13)17/h1-2,4,6,8-10,12,17H,3,5,7,11,20H2,(H,22,24). The van der Waals surface area contributed by atoms with E-state index in [9.17, 15) is 4.79 Å². The van der Waals surface area contributed by atoms with Crippen molar-refractivity contribution >= 4 is 11.7 Å². The summed E-state index contributed by atoms with van der Waals surface area (Å²) in [5.41, 5.74) is 8.62.